The van der Waals surface area contributed by atoms with E-state index in [1.165, 1.54) is 0 Å². The summed E-state index contributed by atoms with van der Waals surface area (Å²) in [6.45, 7) is 2.44. The van der Waals surface area contributed by atoms with E-state index in [-0.39, 0.29) is 5.69 Å². The van der Waals surface area contributed by atoms with E-state index in [2.05, 4.69) is 26.2 Å². The Kier molecular flexibility index (Phi) is 3.58. The van der Waals surface area contributed by atoms with E-state index in [9.17, 15) is 4.79 Å². The molecule has 0 amide bonds. The van der Waals surface area contributed by atoms with Crippen molar-refractivity contribution in [2.24, 2.45) is 0 Å². The number of aromatic nitrogens is 3. The van der Waals surface area contributed by atoms with Crippen LogP contribution in [-0.2, 0) is 13.0 Å². The van der Waals surface area contributed by atoms with Gasteiger partial charge in [-0.3, -0.25) is 0 Å². The van der Waals surface area contributed by atoms with E-state index >= 15 is 0 Å². The van der Waals surface area contributed by atoms with Gasteiger partial charge in [0.15, 0.2) is 5.69 Å². The van der Waals surface area contributed by atoms with Crippen LogP contribution in [0.5, 0.6) is 0 Å². The predicted octanol–water partition coefficient (Wildman–Crippen LogP) is 2.41. The molecule has 90 valence electrons. The van der Waals surface area contributed by atoms with E-state index in [4.69, 9.17) is 5.11 Å². The minimum absolute atomic E-state index is 0.0418. The van der Waals surface area contributed by atoms with Crippen molar-refractivity contribution in [1.82, 2.24) is 15.0 Å². The maximum atomic E-state index is 10.9. The Bertz CT molecular complexity index is 549. The van der Waals surface area contributed by atoms with Gasteiger partial charge in [-0.25, -0.2) is 9.48 Å². The molecule has 0 bridgehead atoms. The molecule has 5 nitrogen and oxygen atoms in total. The first-order valence-corrected chi connectivity index (χ1v) is 6.68. The van der Waals surface area contributed by atoms with E-state index in [0.717, 1.165) is 9.35 Å². The van der Waals surface area contributed by atoms with Crippen LogP contribution in [0.1, 0.15) is 28.0 Å². The highest BCUT2D eigenvalue weighted by Crippen LogP contribution is 2.24. The molecule has 0 radical (unpaired) electrons. The van der Waals surface area contributed by atoms with Crippen LogP contribution in [0.3, 0.4) is 0 Å². The van der Waals surface area contributed by atoms with E-state index in [0.29, 0.717) is 18.7 Å². The van der Waals surface area contributed by atoms with Crippen molar-refractivity contribution in [3.63, 3.8) is 0 Å². The van der Waals surface area contributed by atoms with Gasteiger partial charge in [0.1, 0.15) is 0 Å². The van der Waals surface area contributed by atoms with Crippen molar-refractivity contribution >= 4 is 33.2 Å². The van der Waals surface area contributed by atoms with Crippen LogP contribution in [0.15, 0.2) is 15.9 Å². The van der Waals surface area contributed by atoms with Gasteiger partial charge in [0.2, 0.25) is 0 Å². The summed E-state index contributed by atoms with van der Waals surface area (Å²) in [5.74, 6) is -1.03. The largest absolute Gasteiger partial charge is 0.476 e. The van der Waals surface area contributed by atoms with E-state index < -0.39 is 5.97 Å². The van der Waals surface area contributed by atoms with Gasteiger partial charge in [0.25, 0.3) is 0 Å². The van der Waals surface area contributed by atoms with Crippen LogP contribution in [-0.4, -0.2) is 26.1 Å². The zero-order chi connectivity index (χ0) is 12.4. The number of thiophene rings is 1. The van der Waals surface area contributed by atoms with Crippen molar-refractivity contribution in [3.05, 3.63) is 32.2 Å². The first-order valence-electron chi connectivity index (χ1n) is 5.01. The van der Waals surface area contributed by atoms with Gasteiger partial charge >= 0.3 is 5.97 Å². The molecule has 0 fully saturated rings. The second-order valence-electron chi connectivity index (χ2n) is 3.39. The average molecular weight is 316 g/mol. The molecule has 0 aliphatic rings. The molecule has 2 aromatic rings. The highest BCUT2D eigenvalue weighted by molar-refractivity contribution is 9.10. The number of hydrogen-bond acceptors (Lipinski definition) is 4. The van der Waals surface area contributed by atoms with E-state index in [1.807, 2.05) is 18.4 Å². The summed E-state index contributed by atoms with van der Waals surface area (Å²) < 4.78 is 2.65. The summed E-state index contributed by atoms with van der Waals surface area (Å²) >= 11 is 5.04. The third-order valence-electron chi connectivity index (χ3n) is 2.36. The molecular weight excluding hydrogens is 306 g/mol. The Hall–Kier alpha value is -1.21. The fourth-order valence-electron chi connectivity index (χ4n) is 1.55. The Balaban J connectivity index is 2.34. The van der Waals surface area contributed by atoms with Gasteiger partial charge in [-0.05, 0) is 33.8 Å². The minimum Gasteiger partial charge on any atom is -0.476 e. The molecule has 2 rings (SSSR count). The molecule has 2 aromatic heterocycles. The monoisotopic (exact) mass is 315 g/mol. The van der Waals surface area contributed by atoms with Crippen molar-refractivity contribution in [2.75, 3.05) is 0 Å². The lowest BCUT2D eigenvalue weighted by molar-refractivity contribution is 0.0689. The molecule has 0 aromatic carbocycles. The van der Waals surface area contributed by atoms with Crippen molar-refractivity contribution < 1.29 is 9.90 Å². The SMILES string of the molecule is CCc1c(C(=O)O)nnn1Cc1sccc1Br. The Morgan fingerprint density at radius 1 is 1.65 bits per heavy atom. The van der Waals surface area contributed by atoms with Gasteiger partial charge in [0, 0.05) is 9.35 Å². The summed E-state index contributed by atoms with van der Waals surface area (Å²) in [7, 11) is 0. The number of hydrogen-bond donors (Lipinski definition) is 1. The first-order chi connectivity index (χ1) is 8.13. The fraction of sp³-hybridized carbons (Fsp3) is 0.300. The van der Waals surface area contributed by atoms with Crippen molar-refractivity contribution in [2.45, 2.75) is 19.9 Å². The molecule has 0 saturated carbocycles. The van der Waals surface area contributed by atoms with Crippen molar-refractivity contribution in [1.29, 1.82) is 0 Å². The number of rotatable bonds is 4. The van der Waals surface area contributed by atoms with Gasteiger partial charge in [-0.1, -0.05) is 12.1 Å². The van der Waals surface area contributed by atoms with Crippen LogP contribution in [0.2, 0.25) is 0 Å². The van der Waals surface area contributed by atoms with Gasteiger partial charge in [-0.15, -0.1) is 16.4 Å². The number of carboxylic acids is 1. The third-order valence-corrected chi connectivity index (χ3v) is 4.27. The summed E-state index contributed by atoms with van der Waals surface area (Å²) in [4.78, 5) is 12.0. The smallest absolute Gasteiger partial charge is 0.358 e. The van der Waals surface area contributed by atoms with Gasteiger partial charge < -0.3 is 5.11 Å². The zero-order valence-electron chi connectivity index (χ0n) is 9.05. The van der Waals surface area contributed by atoms with Crippen LogP contribution >= 0.6 is 27.3 Å². The number of halogens is 1. The lowest BCUT2D eigenvalue weighted by Crippen LogP contribution is -2.08. The van der Waals surface area contributed by atoms with Crippen LogP contribution in [0.4, 0.5) is 0 Å². The zero-order valence-corrected chi connectivity index (χ0v) is 11.5. The summed E-state index contributed by atoms with van der Waals surface area (Å²) in [6, 6.07) is 1.96. The molecule has 1 N–H and O–H groups in total. The Morgan fingerprint density at radius 3 is 2.94 bits per heavy atom. The van der Waals surface area contributed by atoms with E-state index in [1.54, 1.807) is 16.0 Å². The average Bonchev–Trinajstić information content (AvgIpc) is 2.86. The molecular formula is C10H10BrN3O2S. The second kappa shape index (κ2) is 4.97. The summed E-state index contributed by atoms with van der Waals surface area (Å²) in [6.07, 6.45) is 0.595. The number of aromatic carboxylic acids is 1. The van der Waals surface area contributed by atoms with Gasteiger partial charge in [-0.2, -0.15) is 0 Å². The molecule has 0 aliphatic carbocycles. The Labute approximate surface area is 110 Å². The fourth-order valence-corrected chi connectivity index (χ4v) is 3.01. The standard InChI is InChI=1S/C10H10BrN3O2S/c1-2-7-9(10(15)16)12-13-14(7)5-8-6(11)3-4-17-8/h3-4H,2,5H2,1H3,(H,15,16). The first kappa shape index (κ1) is 12.3. The number of carboxylic acid groups (broad SMARTS) is 1. The van der Waals surface area contributed by atoms with Gasteiger partial charge in [0.05, 0.1) is 12.2 Å². The molecule has 0 aliphatic heterocycles. The molecule has 0 atom stereocenters. The molecule has 7 heteroatoms. The maximum Gasteiger partial charge on any atom is 0.358 e. The van der Waals surface area contributed by atoms with Crippen molar-refractivity contribution in [3.8, 4) is 0 Å². The minimum atomic E-state index is -1.03. The summed E-state index contributed by atoms with van der Waals surface area (Å²) in [5.41, 5.74) is 0.693. The highest BCUT2D eigenvalue weighted by Gasteiger charge is 2.18. The van der Waals surface area contributed by atoms with Crippen LogP contribution < -0.4 is 0 Å². The molecule has 2 heterocycles. The summed E-state index contributed by atoms with van der Waals surface area (Å²) in [5, 5.41) is 18.5. The van der Waals surface area contributed by atoms with Crippen LogP contribution in [0, 0.1) is 0 Å². The number of carbonyl (C=O) groups is 1. The van der Waals surface area contributed by atoms with Crippen LogP contribution in [0.25, 0.3) is 0 Å². The topological polar surface area (TPSA) is 68.0 Å². The molecule has 0 unspecified atom stereocenters. The molecule has 0 spiro atoms. The normalized spacial score (nSPS) is 10.7. The third kappa shape index (κ3) is 2.39. The molecule has 17 heavy (non-hydrogen) atoms. The molecule has 0 saturated heterocycles. The second-order valence-corrected chi connectivity index (χ2v) is 5.25. The lowest BCUT2D eigenvalue weighted by atomic mass is 10.2. The Morgan fingerprint density at radius 2 is 2.41 bits per heavy atom. The lowest BCUT2D eigenvalue weighted by Gasteiger charge is -2.03. The maximum absolute atomic E-state index is 10.9. The highest BCUT2D eigenvalue weighted by atomic mass is 79.9. The predicted molar refractivity (Wildman–Crippen MR) is 67.5 cm³/mol. The number of nitrogens with zero attached hydrogens (tertiary/aromatic N) is 3. The quantitative estimate of drug-likeness (QED) is 0.940.